The van der Waals surface area contributed by atoms with Gasteiger partial charge in [0.05, 0.1) is 18.9 Å². The molecule has 0 saturated carbocycles. The summed E-state index contributed by atoms with van der Waals surface area (Å²) >= 11 is 0. The molecule has 0 radical (unpaired) electrons. The highest BCUT2D eigenvalue weighted by Crippen LogP contribution is 2.19. The van der Waals surface area contributed by atoms with Gasteiger partial charge in [-0.3, -0.25) is 24.0 Å². The van der Waals surface area contributed by atoms with Gasteiger partial charge in [-0.25, -0.2) is 4.79 Å². The zero-order chi connectivity index (χ0) is 44.5. The highest BCUT2D eigenvalue weighted by molar-refractivity contribution is 5.96. The topological polar surface area (TPSA) is 192 Å². The minimum Gasteiger partial charge on any atom is -0.461 e. The van der Waals surface area contributed by atoms with Crippen LogP contribution < -0.4 is 21.7 Å². The Balaban J connectivity index is 3.22. The van der Waals surface area contributed by atoms with Crippen molar-refractivity contribution in [3.05, 3.63) is 35.9 Å². The van der Waals surface area contributed by atoms with Crippen molar-refractivity contribution in [3.63, 3.8) is 0 Å². The summed E-state index contributed by atoms with van der Waals surface area (Å²) in [5.74, 6) is -4.62. The van der Waals surface area contributed by atoms with Gasteiger partial charge in [-0.15, -0.1) is 0 Å². The van der Waals surface area contributed by atoms with Crippen LogP contribution in [0.1, 0.15) is 165 Å². The average molecular weight is 831 g/mol. The highest BCUT2D eigenvalue weighted by atomic mass is 16.6. The molecule has 0 heterocycles. The lowest BCUT2D eigenvalue weighted by Crippen LogP contribution is -2.59. The van der Waals surface area contributed by atoms with Gasteiger partial charge in [0.15, 0.2) is 0 Å². The molecule has 0 bridgehead atoms. The zero-order valence-electron chi connectivity index (χ0n) is 37.9. The maximum absolute atomic E-state index is 14.0. The number of ether oxygens (including phenoxy) is 3. The van der Waals surface area contributed by atoms with E-state index in [2.05, 4.69) is 22.9 Å². The predicted octanol–water partition coefficient (Wildman–Crippen LogP) is 7.21. The number of rotatable bonds is 29. The van der Waals surface area contributed by atoms with E-state index in [0.29, 0.717) is 12.8 Å². The van der Waals surface area contributed by atoms with Crippen molar-refractivity contribution in [2.24, 2.45) is 23.5 Å². The lowest BCUT2D eigenvalue weighted by molar-refractivity contribution is -0.160. The molecule has 0 spiro atoms. The van der Waals surface area contributed by atoms with Crippen LogP contribution in [0.2, 0.25) is 0 Å². The largest absolute Gasteiger partial charge is 0.461 e. The lowest BCUT2D eigenvalue weighted by Gasteiger charge is -2.29. The molecular formula is C46H78N4O9. The monoisotopic (exact) mass is 831 g/mol. The minimum atomic E-state index is -1.39. The molecule has 336 valence electrons. The van der Waals surface area contributed by atoms with Crippen LogP contribution in [0.15, 0.2) is 30.3 Å². The Morgan fingerprint density at radius 1 is 0.695 bits per heavy atom. The van der Waals surface area contributed by atoms with Crippen molar-refractivity contribution in [1.82, 2.24) is 16.0 Å². The highest BCUT2D eigenvalue weighted by Gasteiger charge is 2.35. The van der Waals surface area contributed by atoms with Gasteiger partial charge in [0.1, 0.15) is 36.4 Å². The summed E-state index contributed by atoms with van der Waals surface area (Å²) in [5, 5.41) is 8.12. The predicted molar refractivity (Wildman–Crippen MR) is 231 cm³/mol. The first-order chi connectivity index (χ1) is 27.8. The van der Waals surface area contributed by atoms with Gasteiger partial charge in [-0.05, 0) is 63.4 Å². The summed E-state index contributed by atoms with van der Waals surface area (Å²) in [7, 11) is 0. The Kier molecular flexibility index (Phi) is 25.6. The second-order valence-electron chi connectivity index (χ2n) is 17.7. The summed E-state index contributed by atoms with van der Waals surface area (Å²) in [6.07, 6.45) is 9.75. The minimum absolute atomic E-state index is 0.0732. The van der Waals surface area contributed by atoms with Crippen molar-refractivity contribution in [1.29, 1.82) is 0 Å². The summed E-state index contributed by atoms with van der Waals surface area (Å²) in [5.41, 5.74) is 6.05. The fraction of sp³-hybridized carbons (Fsp3) is 0.739. The van der Waals surface area contributed by atoms with Crippen molar-refractivity contribution >= 4 is 35.6 Å². The molecule has 6 atom stereocenters. The molecule has 5 N–H and O–H groups in total. The third-order valence-electron chi connectivity index (χ3n) is 10.1. The van der Waals surface area contributed by atoms with Crippen LogP contribution >= 0.6 is 0 Å². The number of nitrogens with one attached hydrogen (secondary N) is 3. The maximum Gasteiger partial charge on any atom is 0.329 e. The molecule has 1 rings (SSSR count). The van der Waals surface area contributed by atoms with E-state index < -0.39 is 77.9 Å². The van der Waals surface area contributed by atoms with Gasteiger partial charge in [0.25, 0.3) is 0 Å². The normalized spacial score (nSPS) is 14.7. The van der Waals surface area contributed by atoms with E-state index >= 15 is 0 Å². The average Bonchev–Trinajstić information content (AvgIpc) is 3.16. The first kappa shape index (κ1) is 53.0. The maximum atomic E-state index is 14.0. The molecule has 0 aliphatic rings. The molecule has 13 nitrogen and oxygen atoms in total. The Hall–Kier alpha value is -4.00. The van der Waals surface area contributed by atoms with Crippen LogP contribution in [0, 0.1) is 17.8 Å². The van der Waals surface area contributed by atoms with Gasteiger partial charge < -0.3 is 35.9 Å². The fourth-order valence-corrected chi connectivity index (χ4v) is 6.33. The smallest absolute Gasteiger partial charge is 0.329 e. The van der Waals surface area contributed by atoms with Crippen LogP contribution in [0.3, 0.4) is 0 Å². The van der Waals surface area contributed by atoms with Crippen LogP contribution in [0.5, 0.6) is 0 Å². The molecule has 1 aromatic carbocycles. The third kappa shape index (κ3) is 23.4. The molecule has 0 saturated heterocycles. The first-order valence-electron chi connectivity index (χ1n) is 22.1. The molecule has 13 heteroatoms. The Labute approximate surface area is 354 Å². The van der Waals surface area contributed by atoms with Gasteiger partial charge >= 0.3 is 17.9 Å². The van der Waals surface area contributed by atoms with Crippen LogP contribution in [-0.4, -0.2) is 71.5 Å². The first-order valence-corrected chi connectivity index (χ1v) is 22.1. The second kappa shape index (κ2) is 28.5. The Morgan fingerprint density at radius 2 is 1.25 bits per heavy atom. The summed E-state index contributed by atoms with van der Waals surface area (Å²) < 4.78 is 17.0. The molecule has 0 aliphatic carbocycles. The summed E-state index contributed by atoms with van der Waals surface area (Å²) in [4.78, 5) is 80.7. The van der Waals surface area contributed by atoms with E-state index in [1.807, 2.05) is 58.0 Å². The van der Waals surface area contributed by atoms with E-state index in [0.717, 1.165) is 31.2 Å². The molecule has 1 unspecified atom stereocenters. The number of hydrogen-bond acceptors (Lipinski definition) is 10. The van der Waals surface area contributed by atoms with Crippen molar-refractivity contribution in [2.75, 3.05) is 0 Å². The van der Waals surface area contributed by atoms with Crippen LogP contribution in [0.25, 0.3) is 0 Å². The van der Waals surface area contributed by atoms with Gasteiger partial charge in [0, 0.05) is 0 Å². The number of unbranched alkanes of at least 4 members (excludes halogenated alkanes) is 8. The number of hydrogen-bond donors (Lipinski definition) is 4. The summed E-state index contributed by atoms with van der Waals surface area (Å²) in [6.45, 7) is 18.3. The number of esters is 3. The number of amides is 3. The quantitative estimate of drug-likeness (QED) is 0.0364. The van der Waals surface area contributed by atoms with Crippen LogP contribution in [0.4, 0.5) is 0 Å². The zero-order valence-corrected chi connectivity index (χ0v) is 37.9. The fourth-order valence-electron chi connectivity index (χ4n) is 6.33. The van der Waals surface area contributed by atoms with E-state index in [-0.39, 0.29) is 37.2 Å². The van der Waals surface area contributed by atoms with E-state index in [1.54, 1.807) is 34.6 Å². The number of carbonyl (C=O) groups is 6. The molecule has 1 aromatic rings. The standard InChI is InChI=1S/C46H78N4O9/c1-11-13-14-15-16-17-18-19-23-26-35(28-38(51)57-30-34-24-21-20-22-25-34)58-45(56)41(33(7)12-2)50-43(54)36(27-31(3)4)48-42(53)37(29-39(52)59-46(8,9)10)49-44(55)40(47)32(5)6/h20-22,24-25,31-33,35-37,40-41H,11-19,23,26-30,47H2,1-10H3,(H,48,53)(H,49,55)(H,50,54)/t33-,35?,36+,37-,40-,41-/m0/s1. The SMILES string of the molecule is CCCCCCCCCCCC(CC(=O)OCc1ccccc1)OC(=O)[C@@H](NC(=O)[C@@H](CC(C)C)NC(=O)[C@H](CC(=O)OC(C)(C)C)NC(=O)[C@@H](N)C(C)C)[C@@H](C)CC. The van der Waals surface area contributed by atoms with Crippen LogP contribution in [-0.2, 0) is 49.6 Å². The molecule has 3 amide bonds. The molecule has 59 heavy (non-hydrogen) atoms. The summed E-state index contributed by atoms with van der Waals surface area (Å²) in [6, 6.07) is 4.77. The van der Waals surface area contributed by atoms with Crippen molar-refractivity contribution in [3.8, 4) is 0 Å². The van der Waals surface area contributed by atoms with E-state index in [4.69, 9.17) is 19.9 Å². The molecule has 0 aliphatic heterocycles. The number of nitrogens with two attached hydrogens (primary N) is 1. The van der Waals surface area contributed by atoms with Gasteiger partial charge in [-0.1, -0.05) is 137 Å². The second-order valence-corrected chi connectivity index (χ2v) is 17.7. The number of carbonyl (C=O) groups excluding carboxylic acids is 6. The lowest BCUT2D eigenvalue weighted by atomic mass is 9.97. The van der Waals surface area contributed by atoms with E-state index in [9.17, 15) is 28.8 Å². The molecule has 0 aromatic heterocycles. The third-order valence-corrected chi connectivity index (χ3v) is 10.1. The number of benzene rings is 1. The van der Waals surface area contributed by atoms with Gasteiger partial charge in [0.2, 0.25) is 17.7 Å². The molecular weight excluding hydrogens is 753 g/mol. The van der Waals surface area contributed by atoms with Crippen molar-refractivity contribution in [2.45, 2.75) is 202 Å². The Bertz CT molecular complexity index is 1410. The molecule has 0 fully saturated rings. The Morgan fingerprint density at radius 3 is 1.80 bits per heavy atom. The van der Waals surface area contributed by atoms with Crippen molar-refractivity contribution < 1.29 is 43.0 Å². The van der Waals surface area contributed by atoms with Gasteiger partial charge in [-0.2, -0.15) is 0 Å². The van der Waals surface area contributed by atoms with E-state index in [1.165, 1.54) is 32.1 Å².